The van der Waals surface area contributed by atoms with E-state index in [-0.39, 0.29) is 18.5 Å². The molecule has 6 heteroatoms. The second-order valence-electron chi connectivity index (χ2n) is 20.7. The molecule has 0 rings (SSSR count). The molecule has 0 radical (unpaired) electrons. The van der Waals surface area contributed by atoms with Crippen molar-refractivity contribution in [3.05, 3.63) is 12.2 Å². The van der Waals surface area contributed by atoms with Crippen molar-refractivity contribution >= 4 is 11.9 Å². The quantitative estimate of drug-likeness (QED) is 0.0321. The third kappa shape index (κ3) is 52.0. The second kappa shape index (κ2) is 56.2. The van der Waals surface area contributed by atoms with Crippen molar-refractivity contribution < 1.29 is 24.5 Å². The van der Waals surface area contributed by atoms with Gasteiger partial charge in [0.25, 0.3) is 0 Å². The number of aliphatic hydroxyl groups excluding tert-OH is 2. The Morgan fingerprint density at radius 2 is 0.712 bits per heavy atom. The van der Waals surface area contributed by atoms with Crippen LogP contribution in [0.15, 0.2) is 12.2 Å². The molecule has 0 aromatic heterocycles. The minimum atomic E-state index is -0.677. The first kappa shape index (κ1) is 64.6. The third-order valence-corrected chi connectivity index (χ3v) is 14.1. The summed E-state index contributed by atoms with van der Waals surface area (Å²) in [6.07, 6.45) is 66.3. The minimum absolute atomic E-state index is 0.0153. The van der Waals surface area contributed by atoms with Gasteiger partial charge in [-0.2, -0.15) is 0 Å². The van der Waals surface area contributed by atoms with E-state index in [1.54, 1.807) is 0 Å². The van der Waals surface area contributed by atoms with Crippen LogP contribution in [-0.2, 0) is 14.3 Å². The Labute approximate surface area is 412 Å². The number of amides is 1. The maximum atomic E-state index is 12.5. The molecule has 0 heterocycles. The van der Waals surface area contributed by atoms with Gasteiger partial charge in [0.15, 0.2) is 0 Å². The molecule has 3 N–H and O–H groups in total. The van der Waals surface area contributed by atoms with Crippen molar-refractivity contribution in [3.8, 4) is 0 Å². The molecule has 2 atom stereocenters. The zero-order chi connectivity index (χ0) is 47.9. The first-order valence-corrected chi connectivity index (χ1v) is 29.9. The average Bonchev–Trinajstić information content (AvgIpc) is 3.32. The molecule has 392 valence electrons. The number of carbonyl (C=O) groups is 2. The molecule has 66 heavy (non-hydrogen) atoms. The van der Waals surface area contributed by atoms with Crippen molar-refractivity contribution in [1.82, 2.24) is 5.32 Å². The normalized spacial score (nSPS) is 12.6. The van der Waals surface area contributed by atoms with Crippen LogP contribution in [0.3, 0.4) is 0 Å². The van der Waals surface area contributed by atoms with Crippen LogP contribution in [0.1, 0.15) is 335 Å². The summed E-state index contributed by atoms with van der Waals surface area (Å²) in [4.78, 5) is 24.6. The fraction of sp³-hybridized carbons (Fsp3) is 0.933. The molecule has 0 saturated heterocycles. The molecular weight excluding hydrogens is 815 g/mol. The number of aliphatic hydroxyl groups is 2. The molecule has 0 aromatic carbocycles. The van der Waals surface area contributed by atoms with Crippen LogP contribution in [0, 0.1) is 0 Å². The largest absolute Gasteiger partial charge is 0.466 e. The molecule has 0 aliphatic heterocycles. The van der Waals surface area contributed by atoms with Gasteiger partial charge in [-0.25, -0.2) is 0 Å². The monoisotopic (exact) mass is 932 g/mol. The number of rotatable bonds is 56. The maximum absolute atomic E-state index is 12.5. The number of unbranched alkanes of at least 4 members (excludes halogenated alkanes) is 43. The summed E-state index contributed by atoms with van der Waals surface area (Å²) in [5.41, 5.74) is 0. The van der Waals surface area contributed by atoms with Gasteiger partial charge in [-0.3, -0.25) is 9.59 Å². The summed E-state index contributed by atoms with van der Waals surface area (Å²) < 4.78 is 5.48. The summed E-state index contributed by atoms with van der Waals surface area (Å²) in [6.45, 7) is 4.94. The zero-order valence-corrected chi connectivity index (χ0v) is 44.7. The molecule has 0 aromatic rings. The van der Waals surface area contributed by atoms with Gasteiger partial charge in [0.1, 0.15) is 0 Å². The van der Waals surface area contributed by atoms with E-state index in [1.807, 2.05) is 0 Å². The van der Waals surface area contributed by atoms with Crippen LogP contribution in [0.25, 0.3) is 0 Å². The predicted octanol–water partition coefficient (Wildman–Crippen LogP) is 18.5. The van der Waals surface area contributed by atoms with E-state index in [2.05, 4.69) is 31.3 Å². The number of ether oxygens (including phenoxy) is 1. The summed E-state index contributed by atoms with van der Waals surface area (Å²) in [7, 11) is 0. The third-order valence-electron chi connectivity index (χ3n) is 14.1. The standard InChI is InChI=1S/C60H117NO5/c1-3-5-7-9-11-13-15-17-19-21-23-24-25-27-29-32-36-40-44-48-52-58(63)57(56-62)61-59(64)53-49-45-41-37-33-31-35-39-43-47-51-55-66-60(65)54-50-46-42-38-34-30-28-26-22-20-18-16-14-12-10-8-6-4-2/h20,22,57-58,62-63H,3-19,21,23-56H2,1-2H3,(H,61,64)/b22-20-. The van der Waals surface area contributed by atoms with E-state index >= 15 is 0 Å². The fourth-order valence-electron chi connectivity index (χ4n) is 9.46. The van der Waals surface area contributed by atoms with Gasteiger partial charge in [-0.15, -0.1) is 0 Å². The molecule has 0 spiro atoms. The highest BCUT2D eigenvalue weighted by atomic mass is 16.5. The van der Waals surface area contributed by atoms with Gasteiger partial charge < -0.3 is 20.3 Å². The van der Waals surface area contributed by atoms with E-state index in [0.29, 0.717) is 25.9 Å². The van der Waals surface area contributed by atoms with Crippen molar-refractivity contribution in [2.24, 2.45) is 0 Å². The van der Waals surface area contributed by atoms with Gasteiger partial charge in [0.05, 0.1) is 25.4 Å². The summed E-state index contributed by atoms with van der Waals surface area (Å²) in [6, 6.07) is -0.556. The van der Waals surface area contributed by atoms with Crippen molar-refractivity contribution in [2.75, 3.05) is 13.2 Å². The Hall–Kier alpha value is -1.40. The van der Waals surface area contributed by atoms with Crippen molar-refractivity contribution in [1.29, 1.82) is 0 Å². The lowest BCUT2D eigenvalue weighted by Gasteiger charge is -2.22. The molecular formula is C60H117NO5. The van der Waals surface area contributed by atoms with Crippen LogP contribution in [-0.4, -0.2) is 47.4 Å². The molecule has 6 nitrogen and oxygen atoms in total. The van der Waals surface area contributed by atoms with Gasteiger partial charge in [-0.1, -0.05) is 283 Å². The van der Waals surface area contributed by atoms with Gasteiger partial charge in [-0.05, 0) is 51.4 Å². The zero-order valence-electron chi connectivity index (χ0n) is 44.7. The SMILES string of the molecule is CCCCCCCCC/C=C\CCCCCCCCCC(=O)OCCCCCCCCCCCCCC(=O)NC(CO)C(O)CCCCCCCCCCCCCCCCCCCCCC. The predicted molar refractivity (Wildman–Crippen MR) is 287 cm³/mol. The molecule has 0 aliphatic rings. The summed E-state index contributed by atoms with van der Waals surface area (Å²) >= 11 is 0. The minimum Gasteiger partial charge on any atom is -0.466 e. The summed E-state index contributed by atoms with van der Waals surface area (Å²) in [5, 5.41) is 23.3. The molecule has 0 aliphatic carbocycles. The number of hydrogen-bond acceptors (Lipinski definition) is 5. The highest BCUT2D eigenvalue weighted by molar-refractivity contribution is 5.76. The molecule has 0 saturated carbocycles. The lowest BCUT2D eigenvalue weighted by atomic mass is 10.0. The average molecular weight is 933 g/mol. The van der Waals surface area contributed by atoms with E-state index < -0.39 is 12.1 Å². The van der Waals surface area contributed by atoms with E-state index in [4.69, 9.17) is 4.74 Å². The molecule has 2 unspecified atom stereocenters. The summed E-state index contributed by atoms with van der Waals surface area (Å²) in [5.74, 6) is -0.0657. The second-order valence-corrected chi connectivity index (χ2v) is 20.7. The first-order valence-electron chi connectivity index (χ1n) is 29.9. The Morgan fingerprint density at radius 3 is 1.08 bits per heavy atom. The lowest BCUT2D eigenvalue weighted by Crippen LogP contribution is -2.45. The van der Waals surface area contributed by atoms with Crippen LogP contribution in [0.2, 0.25) is 0 Å². The number of esters is 1. The van der Waals surface area contributed by atoms with E-state index in [1.165, 1.54) is 244 Å². The van der Waals surface area contributed by atoms with Crippen molar-refractivity contribution in [2.45, 2.75) is 347 Å². The lowest BCUT2D eigenvalue weighted by molar-refractivity contribution is -0.143. The number of allylic oxidation sites excluding steroid dienone is 2. The topological polar surface area (TPSA) is 95.9 Å². The highest BCUT2D eigenvalue weighted by Crippen LogP contribution is 2.18. The number of nitrogens with one attached hydrogen (secondary N) is 1. The maximum Gasteiger partial charge on any atom is 0.305 e. The molecule has 0 bridgehead atoms. The highest BCUT2D eigenvalue weighted by Gasteiger charge is 2.20. The van der Waals surface area contributed by atoms with Crippen LogP contribution < -0.4 is 5.32 Å². The van der Waals surface area contributed by atoms with E-state index in [0.717, 1.165) is 57.8 Å². The Kier molecular flexibility index (Phi) is 55.0. The first-order chi connectivity index (χ1) is 32.5. The smallest absolute Gasteiger partial charge is 0.305 e. The number of carbonyl (C=O) groups excluding carboxylic acids is 2. The van der Waals surface area contributed by atoms with E-state index in [9.17, 15) is 19.8 Å². The molecule has 1 amide bonds. The van der Waals surface area contributed by atoms with Gasteiger partial charge in [0, 0.05) is 12.8 Å². The van der Waals surface area contributed by atoms with Crippen LogP contribution >= 0.6 is 0 Å². The van der Waals surface area contributed by atoms with Gasteiger partial charge in [0.2, 0.25) is 5.91 Å². The Morgan fingerprint density at radius 1 is 0.409 bits per heavy atom. The van der Waals surface area contributed by atoms with Crippen molar-refractivity contribution in [3.63, 3.8) is 0 Å². The fourth-order valence-corrected chi connectivity index (χ4v) is 9.46. The molecule has 0 fully saturated rings. The van der Waals surface area contributed by atoms with Crippen LogP contribution in [0.4, 0.5) is 0 Å². The Balaban J connectivity index is 3.45. The number of hydrogen-bond donors (Lipinski definition) is 3. The van der Waals surface area contributed by atoms with Crippen LogP contribution in [0.5, 0.6) is 0 Å². The van der Waals surface area contributed by atoms with Gasteiger partial charge >= 0.3 is 5.97 Å². The Bertz CT molecular complexity index is 986.